The second-order valence-electron chi connectivity index (χ2n) is 8.22. The van der Waals surface area contributed by atoms with Crippen molar-refractivity contribution in [3.63, 3.8) is 0 Å². The molecule has 0 aliphatic carbocycles. The number of hydrogen-bond acceptors (Lipinski definition) is 5. The monoisotopic (exact) mass is 468 g/mol. The maximum absolute atomic E-state index is 13.0. The van der Waals surface area contributed by atoms with Gasteiger partial charge in [-0.15, -0.1) is 0 Å². The molecule has 0 saturated carbocycles. The fourth-order valence-corrected chi connectivity index (χ4v) is 5.06. The van der Waals surface area contributed by atoms with E-state index < -0.39 is 10.0 Å². The van der Waals surface area contributed by atoms with Gasteiger partial charge in [0.05, 0.1) is 18.1 Å². The van der Waals surface area contributed by atoms with Gasteiger partial charge < -0.3 is 14.4 Å². The van der Waals surface area contributed by atoms with E-state index in [2.05, 4.69) is 4.72 Å². The standard InChI is InChI=1S/C25H28N2O5S/c1-27(17-18-8-9-20-14-22(31-2)11-10-19(20)13-18)25(28)21-5-3-7-24(15-21)33(29,30)26-16-23-6-4-12-32-23/h3,5,7-11,13-15,23,26H,4,6,12,16-17H2,1-2H3/t23-/m1/s1. The Morgan fingerprint density at radius 2 is 1.91 bits per heavy atom. The summed E-state index contributed by atoms with van der Waals surface area (Å²) in [7, 11) is -0.388. The second-order valence-corrected chi connectivity index (χ2v) is 9.99. The largest absolute Gasteiger partial charge is 0.497 e. The lowest BCUT2D eigenvalue weighted by atomic mass is 10.1. The molecule has 3 aromatic rings. The molecule has 1 heterocycles. The minimum absolute atomic E-state index is 0.0689. The van der Waals surface area contributed by atoms with Crippen LogP contribution >= 0.6 is 0 Å². The number of fused-ring (bicyclic) bond motifs is 1. The molecule has 7 nitrogen and oxygen atoms in total. The van der Waals surface area contributed by atoms with Crippen molar-refractivity contribution < 1.29 is 22.7 Å². The summed E-state index contributed by atoms with van der Waals surface area (Å²) in [6.45, 7) is 1.29. The Labute approximate surface area is 194 Å². The fraction of sp³-hybridized carbons (Fsp3) is 0.320. The molecular weight excluding hydrogens is 440 g/mol. The number of nitrogens with zero attached hydrogens (tertiary/aromatic N) is 1. The van der Waals surface area contributed by atoms with Gasteiger partial charge in [-0.05, 0) is 65.6 Å². The number of carbonyl (C=O) groups excluding carboxylic acids is 1. The summed E-state index contributed by atoms with van der Waals surface area (Å²) in [6.07, 6.45) is 1.68. The predicted octanol–water partition coefficient (Wildman–Crippen LogP) is 3.58. The highest BCUT2D eigenvalue weighted by atomic mass is 32.2. The summed E-state index contributed by atoms with van der Waals surface area (Å²) < 4.78 is 38.7. The second kappa shape index (κ2) is 9.91. The van der Waals surface area contributed by atoms with E-state index >= 15 is 0 Å². The maximum atomic E-state index is 13.0. The first kappa shape index (κ1) is 23.2. The molecule has 8 heteroatoms. The van der Waals surface area contributed by atoms with Crippen molar-refractivity contribution in [1.29, 1.82) is 0 Å². The van der Waals surface area contributed by atoms with Gasteiger partial charge in [0, 0.05) is 32.3 Å². The highest BCUT2D eigenvalue weighted by molar-refractivity contribution is 7.89. The molecule has 1 atom stereocenters. The van der Waals surface area contributed by atoms with Gasteiger partial charge in [-0.3, -0.25) is 4.79 Å². The van der Waals surface area contributed by atoms with Crippen LogP contribution in [0.5, 0.6) is 5.75 Å². The van der Waals surface area contributed by atoms with Crippen LogP contribution in [0.4, 0.5) is 0 Å². The van der Waals surface area contributed by atoms with E-state index in [9.17, 15) is 13.2 Å². The molecule has 4 rings (SSSR count). The molecule has 0 spiro atoms. The zero-order valence-electron chi connectivity index (χ0n) is 18.8. The van der Waals surface area contributed by atoms with Crippen LogP contribution in [0.25, 0.3) is 10.8 Å². The van der Waals surface area contributed by atoms with Crippen molar-refractivity contribution >= 4 is 26.7 Å². The quantitative estimate of drug-likeness (QED) is 0.546. The lowest BCUT2D eigenvalue weighted by molar-refractivity contribution is 0.0785. The fourth-order valence-electron chi connectivity index (χ4n) is 3.95. The molecule has 33 heavy (non-hydrogen) atoms. The first-order valence-corrected chi connectivity index (χ1v) is 12.4. The summed E-state index contributed by atoms with van der Waals surface area (Å²) >= 11 is 0. The topological polar surface area (TPSA) is 84.9 Å². The van der Waals surface area contributed by atoms with Gasteiger partial charge in [0.1, 0.15) is 5.75 Å². The third-order valence-electron chi connectivity index (χ3n) is 5.79. The van der Waals surface area contributed by atoms with Gasteiger partial charge in [0.15, 0.2) is 0 Å². The maximum Gasteiger partial charge on any atom is 0.253 e. The van der Waals surface area contributed by atoms with Gasteiger partial charge in [-0.2, -0.15) is 0 Å². The van der Waals surface area contributed by atoms with Crippen molar-refractivity contribution in [3.8, 4) is 5.75 Å². The minimum Gasteiger partial charge on any atom is -0.497 e. The Morgan fingerprint density at radius 3 is 2.67 bits per heavy atom. The summed E-state index contributed by atoms with van der Waals surface area (Å²) in [5.74, 6) is 0.545. The van der Waals surface area contributed by atoms with E-state index in [1.165, 1.54) is 12.1 Å². The predicted molar refractivity (Wildman–Crippen MR) is 127 cm³/mol. The van der Waals surface area contributed by atoms with Crippen LogP contribution in [0.2, 0.25) is 0 Å². The highest BCUT2D eigenvalue weighted by Crippen LogP contribution is 2.23. The Bertz CT molecular complexity index is 1250. The molecular formula is C25H28N2O5S. The molecule has 1 N–H and O–H groups in total. The zero-order valence-corrected chi connectivity index (χ0v) is 19.6. The summed E-state index contributed by atoms with van der Waals surface area (Å²) in [5, 5.41) is 2.11. The van der Waals surface area contributed by atoms with Crippen LogP contribution in [-0.4, -0.2) is 52.6 Å². The first-order valence-electron chi connectivity index (χ1n) is 10.9. The molecule has 0 radical (unpaired) electrons. The zero-order chi connectivity index (χ0) is 23.4. The van der Waals surface area contributed by atoms with Crippen molar-refractivity contribution in [2.45, 2.75) is 30.4 Å². The third-order valence-corrected chi connectivity index (χ3v) is 7.22. The molecule has 1 aliphatic rings. The molecule has 1 aliphatic heterocycles. The van der Waals surface area contributed by atoms with Crippen LogP contribution < -0.4 is 9.46 Å². The van der Waals surface area contributed by atoms with E-state index in [-0.39, 0.29) is 23.5 Å². The average molecular weight is 469 g/mol. The molecule has 1 saturated heterocycles. The SMILES string of the molecule is COc1ccc2cc(CN(C)C(=O)c3cccc(S(=O)(=O)NC[C@H]4CCCO4)c3)ccc2c1. The number of nitrogens with one attached hydrogen (secondary N) is 1. The van der Waals surface area contributed by atoms with Crippen LogP contribution in [0, 0.1) is 0 Å². The number of carbonyl (C=O) groups is 1. The van der Waals surface area contributed by atoms with Crippen molar-refractivity contribution in [1.82, 2.24) is 9.62 Å². The van der Waals surface area contributed by atoms with Crippen LogP contribution in [0.1, 0.15) is 28.8 Å². The van der Waals surface area contributed by atoms with Gasteiger partial charge in [-0.25, -0.2) is 13.1 Å². The van der Waals surface area contributed by atoms with Crippen molar-refractivity contribution in [2.24, 2.45) is 0 Å². The Balaban J connectivity index is 1.45. The number of sulfonamides is 1. The van der Waals surface area contributed by atoms with E-state index in [4.69, 9.17) is 9.47 Å². The van der Waals surface area contributed by atoms with E-state index in [1.807, 2.05) is 36.4 Å². The lowest BCUT2D eigenvalue weighted by Crippen LogP contribution is -2.32. The van der Waals surface area contributed by atoms with Crippen LogP contribution in [-0.2, 0) is 21.3 Å². The Hall–Kier alpha value is -2.94. The van der Waals surface area contributed by atoms with E-state index in [0.29, 0.717) is 18.7 Å². The number of amides is 1. The first-order chi connectivity index (χ1) is 15.9. The molecule has 0 aromatic heterocycles. The number of benzene rings is 3. The molecule has 174 valence electrons. The third kappa shape index (κ3) is 5.52. The molecule has 1 amide bonds. The van der Waals surface area contributed by atoms with Gasteiger partial charge in [0.25, 0.3) is 5.91 Å². The minimum atomic E-state index is -3.73. The Morgan fingerprint density at radius 1 is 1.12 bits per heavy atom. The van der Waals surface area contributed by atoms with Crippen molar-refractivity contribution in [3.05, 3.63) is 71.8 Å². The molecule has 3 aromatic carbocycles. The Kier molecular flexibility index (Phi) is 6.97. The number of hydrogen-bond donors (Lipinski definition) is 1. The number of ether oxygens (including phenoxy) is 2. The van der Waals surface area contributed by atoms with Crippen LogP contribution in [0.3, 0.4) is 0 Å². The molecule has 1 fully saturated rings. The summed E-state index contributed by atoms with van der Waals surface area (Å²) in [6, 6.07) is 18.0. The smallest absolute Gasteiger partial charge is 0.253 e. The lowest BCUT2D eigenvalue weighted by Gasteiger charge is -2.18. The summed E-state index contributed by atoms with van der Waals surface area (Å²) in [5.41, 5.74) is 1.30. The van der Waals surface area contributed by atoms with Crippen molar-refractivity contribution in [2.75, 3.05) is 27.3 Å². The number of methoxy groups -OCH3 is 1. The normalized spacial score (nSPS) is 16.1. The van der Waals surface area contributed by atoms with Gasteiger partial charge in [-0.1, -0.05) is 24.3 Å². The van der Waals surface area contributed by atoms with Crippen LogP contribution in [0.15, 0.2) is 65.6 Å². The highest BCUT2D eigenvalue weighted by Gasteiger charge is 2.22. The molecule has 0 unspecified atom stereocenters. The van der Waals surface area contributed by atoms with Gasteiger partial charge in [0.2, 0.25) is 10.0 Å². The van der Waals surface area contributed by atoms with E-state index in [0.717, 1.165) is 34.9 Å². The summed E-state index contributed by atoms with van der Waals surface area (Å²) in [4.78, 5) is 14.7. The van der Waals surface area contributed by atoms with Gasteiger partial charge >= 0.3 is 0 Å². The average Bonchev–Trinajstić information content (AvgIpc) is 3.36. The number of rotatable bonds is 8. The molecule has 0 bridgehead atoms. The van der Waals surface area contributed by atoms with E-state index in [1.54, 1.807) is 31.2 Å².